The van der Waals surface area contributed by atoms with E-state index in [2.05, 4.69) is 19.9 Å². The normalized spacial score (nSPS) is 10.3. The van der Waals surface area contributed by atoms with Crippen LogP contribution in [0.5, 0.6) is 29.0 Å². The van der Waals surface area contributed by atoms with E-state index < -0.39 is 0 Å². The molecule has 456 valence electrons. The molecule has 4 aromatic heterocycles. The third kappa shape index (κ3) is 21.1. The van der Waals surface area contributed by atoms with Crippen LogP contribution in [0.4, 0.5) is 0 Å². The van der Waals surface area contributed by atoms with Crippen molar-refractivity contribution in [1.29, 1.82) is 0 Å². The average molecular weight is 1190 g/mol. The Balaban J connectivity index is 0.000000216. The van der Waals surface area contributed by atoms with Crippen LogP contribution < -0.4 is 23.7 Å². The topological polar surface area (TPSA) is 234 Å². The number of Topliss-reactive ketones (excluding diaryl/α,β-unsaturated/α-hetero) is 8. The molecule has 17 nitrogen and oxygen atoms in total. The van der Waals surface area contributed by atoms with Gasteiger partial charge in [-0.3, -0.25) is 48.3 Å². The average Bonchev–Trinajstić information content (AvgIpc) is 3.54. The van der Waals surface area contributed by atoms with E-state index in [0.29, 0.717) is 73.5 Å². The molecular formula is C71H74N4O13. The number of hydrogen-bond acceptors (Lipinski definition) is 17. The molecular weight excluding hydrogens is 1120 g/mol. The van der Waals surface area contributed by atoms with Gasteiger partial charge in [-0.05, 0) is 119 Å². The molecule has 0 saturated heterocycles. The number of ketones is 8. The van der Waals surface area contributed by atoms with Gasteiger partial charge in [0.05, 0.1) is 41.1 Å². The standard InChI is InChI=1S/C21H25NO5.C19H21NO4.C16H15NO2.C15H13NO2/c1-12-9-16(21(27-6)22-14(12)3)18(24)8-7-17(23)15-10-19(25-4)13(2)20(11-15)26-5;1-12-7-14(10-16(8-12)23-3)17(21)5-6-18(22)15-9-13(2)20-19(11-15)24-4;1-12-5-7-13(8-6-12)15(18)9-10-16(19)14-4-2-3-11-17-14;17-14(12-4-2-1-3-5-12)6-7-15(18)13-8-10-16-11-9-13/h9-11H,7-8H2,1-6H3;7-11H,5-6H2,1-4H3;2-8,11H,9-10H2,1H3;1-5,8-11H,6-7H2. The summed E-state index contributed by atoms with van der Waals surface area (Å²) in [6, 6.07) is 38.7. The number of pyridine rings is 4. The van der Waals surface area contributed by atoms with Gasteiger partial charge in [-0.2, -0.15) is 0 Å². The number of nitrogens with zero attached hydrogens (tertiary/aromatic N) is 4. The Morgan fingerprint density at radius 2 is 0.864 bits per heavy atom. The summed E-state index contributed by atoms with van der Waals surface area (Å²) in [6.07, 6.45) is 6.05. The molecule has 0 spiro atoms. The van der Waals surface area contributed by atoms with Crippen LogP contribution in [0.25, 0.3) is 0 Å². The molecule has 0 atom stereocenters. The number of rotatable bonds is 25. The fourth-order valence-electron chi connectivity index (χ4n) is 8.68. The Kier molecular flexibility index (Phi) is 27.1. The van der Waals surface area contributed by atoms with Crippen LogP contribution in [0.2, 0.25) is 0 Å². The van der Waals surface area contributed by atoms with Crippen molar-refractivity contribution >= 4 is 46.3 Å². The molecule has 0 aliphatic carbocycles. The lowest BCUT2D eigenvalue weighted by Crippen LogP contribution is -2.09. The summed E-state index contributed by atoms with van der Waals surface area (Å²) in [7, 11) is 7.62. The molecule has 0 amide bonds. The van der Waals surface area contributed by atoms with Gasteiger partial charge in [0.1, 0.15) is 22.9 Å². The number of aryl methyl sites for hydroxylation is 5. The van der Waals surface area contributed by atoms with Crippen LogP contribution in [0.1, 0.15) is 168 Å². The molecule has 17 heteroatoms. The lowest BCUT2D eigenvalue weighted by atomic mass is 9.99. The highest BCUT2D eigenvalue weighted by Gasteiger charge is 2.20. The highest BCUT2D eigenvalue weighted by atomic mass is 16.5. The summed E-state index contributed by atoms with van der Waals surface area (Å²) < 4.78 is 26.1. The molecule has 4 aromatic carbocycles. The van der Waals surface area contributed by atoms with Gasteiger partial charge >= 0.3 is 0 Å². The Morgan fingerprint density at radius 1 is 0.375 bits per heavy atom. The third-order valence-corrected chi connectivity index (χ3v) is 13.8. The Morgan fingerprint density at radius 3 is 1.38 bits per heavy atom. The van der Waals surface area contributed by atoms with Gasteiger partial charge in [0.15, 0.2) is 46.3 Å². The summed E-state index contributed by atoms with van der Waals surface area (Å²) >= 11 is 0. The fourth-order valence-corrected chi connectivity index (χ4v) is 8.68. The largest absolute Gasteiger partial charge is 0.497 e. The maximum atomic E-state index is 12.6. The molecule has 8 aromatic rings. The molecule has 0 radical (unpaired) electrons. The van der Waals surface area contributed by atoms with E-state index in [1.807, 2.05) is 71.0 Å². The number of ether oxygens (including phenoxy) is 5. The third-order valence-electron chi connectivity index (χ3n) is 13.8. The lowest BCUT2D eigenvalue weighted by Gasteiger charge is -2.12. The Bertz CT molecular complexity index is 3580. The van der Waals surface area contributed by atoms with Crippen molar-refractivity contribution in [3.05, 3.63) is 230 Å². The number of carbonyl (C=O) groups is 8. The highest BCUT2D eigenvalue weighted by molar-refractivity contribution is 6.05. The van der Waals surface area contributed by atoms with E-state index in [1.165, 1.54) is 14.2 Å². The molecule has 4 heterocycles. The van der Waals surface area contributed by atoms with Crippen molar-refractivity contribution in [2.24, 2.45) is 0 Å². The first-order valence-corrected chi connectivity index (χ1v) is 28.3. The van der Waals surface area contributed by atoms with Gasteiger partial charge < -0.3 is 23.7 Å². The predicted octanol–water partition coefficient (Wildman–Crippen LogP) is 13.6. The predicted molar refractivity (Wildman–Crippen MR) is 335 cm³/mol. The van der Waals surface area contributed by atoms with Gasteiger partial charge in [0.25, 0.3) is 0 Å². The van der Waals surface area contributed by atoms with E-state index in [4.69, 9.17) is 23.7 Å². The number of benzene rings is 4. The van der Waals surface area contributed by atoms with E-state index in [-0.39, 0.29) is 104 Å². The first-order valence-electron chi connectivity index (χ1n) is 28.3. The second-order valence-corrected chi connectivity index (χ2v) is 20.3. The molecule has 0 bridgehead atoms. The number of carbonyl (C=O) groups excluding carboxylic acids is 8. The summed E-state index contributed by atoms with van der Waals surface area (Å²) in [5, 5.41) is 0. The molecule has 0 saturated carbocycles. The Labute approximate surface area is 513 Å². The molecule has 0 aliphatic heterocycles. The van der Waals surface area contributed by atoms with Crippen LogP contribution in [0, 0.1) is 41.5 Å². The molecule has 0 aliphatic rings. The summed E-state index contributed by atoms with van der Waals surface area (Å²) in [5.41, 5.74) is 9.52. The SMILES string of the molecule is COc1cc(C(=O)CCC(=O)c2cc(C)c(C)nc2OC)cc(OC)c1C.COc1cc(C)cc(C(=O)CCC(=O)c2cc(C)nc(OC)c2)c1.Cc1ccc(C(=O)CCC(=O)c2ccccn2)cc1.O=C(CCC(=O)c1ccncc1)c1ccccc1. The molecule has 8 rings (SSSR count). The van der Waals surface area contributed by atoms with Crippen LogP contribution in [-0.4, -0.2) is 102 Å². The zero-order valence-corrected chi connectivity index (χ0v) is 51.7. The van der Waals surface area contributed by atoms with Crippen LogP contribution in [-0.2, 0) is 0 Å². The van der Waals surface area contributed by atoms with Crippen molar-refractivity contribution in [3.63, 3.8) is 0 Å². The van der Waals surface area contributed by atoms with Crippen LogP contribution in [0.15, 0.2) is 152 Å². The summed E-state index contributed by atoms with van der Waals surface area (Å²) in [6.45, 7) is 11.3. The van der Waals surface area contributed by atoms with Crippen molar-refractivity contribution in [2.45, 2.75) is 92.9 Å². The van der Waals surface area contributed by atoms with Gasteiger partial charge in [-0.25, -0.2) is 9.97 Å². The molecule has 0 unspecified atom stereocenters. The minimum atomic E-state index is -0.179. The monoisotopic (exact) mass is 1190 g/mol. The lowest BCUT2D eigenvalue weighted by molar-refractivity contribution is 0.0915. The first-order chi connectivity index (χ1) is 42.2. The zero-order valence-electron chi connectivity index (χ0n) is 51.7. The molecule has 0 N–H and O–H groups in total. The van der Waals surface area contributed by atoms with Crippen molar-refractivity contribution in [2.75, 3.05) is 35.5 Å². The second-order valence-electron chi connectivity index (χ2n) is 20.3. The quantitative estimate of drug-likeness (QED) is 0.0484. The minimum absolute atomic E-state index is 0.00185. The minimum Gasteiger partial charge on any atom is -0.497 e. The van der Waals surface area contributed by atoms with Crippen molar-refractivity contribution < 1.29 is 62.0 Å². The van der Waals surface area contributed by atoms with Gasteiger partial charge in [0.2, 0.25) is 11.8 Å². The van der Waals surface area contributed by atoms with E-state index in [0.717, 1.165) is 27.9 Å². The second kappa shape index (κ2) is 34.7. The summed E-state index contributed by atoms with van der Waals surface area (Å²) in [5.74, 6) is 1.81. The smallest absolute Gasteiger partial charge is 0.224 e. The zero-order chi connectivity index (χ0) is 64.3. The van der Waals surface area contributed by atoms with E-state index in [1.54, 1.807) is 144 Å². The molecule has 88 heavy (non-hydrogen) atoms. The van der Waals surface area contributed by atoms with E-state index >= 15 is 0 Å². The van der Waals surface area contributed by atoms with Crippen LogP contribution >= 0.6 is 0 Å². The maximum absolute atomic E-state index is 12.6. The first kappa shape index (κ1) is 68.6. The fraction of sp³-hybridized carbons (Fsp3) is 0.268. The number of aromatic nitrogens is 4. The van der Waals surface area contributed by atoms with Gasteiger partial charge in [0, 0.05) is 126 Å². The molecule has 0 fully saturated rings. The van der Waals surface area contributed by atoms with Gasteiger partial charge in [-0.15, -0.1) is 0 Å². The maximum Gasteiger partial charge on any atom is 0.224 e. The number of methoxy groups -OCH3 is 5. The van der Waals surface area contributed by atoms with Crippen molar-refractivity contribution in [3.8, 4) is 29.0 Å². The Hall–Kier alpha value is -10.2. The highest BCUT2D eigenvalue weighted by Crippen LogP contribution is 2.31. The van der Waals surface area contributed by atoms with Crippen molar-refractivity contribution in [1.82, 2.24) is 19.9 Å². The van der Waals surface area contributed by atoms with Gasteiger partial charge in [-0.1, -0.05) is 66.2 Å². The number of hydrogen-bond donors (Lipinski definition) is 0. The summed E-state index contributed by atoms with van der Waals surface area (Å²) in [4.78, 5) is 114. The van der Waals surface area contributed by atoms with E-state index in [9.17, 15) is 38.4 Å². The van der Waals surface area contributed by atoms with Crippen LogP contribution in [0.3, 0.4) is 0 Å².